The second-order valence-corrected chi connectivity index (χ2v) is 4.92. The minimum Gasteiger partial charge on any atom is -0.354 e. The molecule has 0 fully saturated rings. The highest BCUT2D eigenvalue weighted by Gasteiger charge is 2.13. The van der Waals surface area contributed by atoms with Crippen molar-refractivity contribution >= 4 is 17.7 Å². The van der Waals surface area contributed by atoms with E-state index in [9.17, 15) is 4.39 Å². The summed E-state index contributed by atoms with van der Waals surface area (Å²) in [5.74, 6) is 0.721. The van der Waals surface area contributed by atoms with E-state index in [4.69, 9.17) is 0 Å². The van der Waals surface area contributed by atoms with E-state index in [1.54, 1.807) is 4.57 Å². The monoisotopic (exact) mass is 282 g/mol. The minimum atomic E-state index is -0.465. The van der Waals surface area contributed by atoms with Gasteiger partial charge >= 0.3 is 0 Å². The summed E-state index contributed by atoms with van der Waals surface area (Å²) < 4.78 is 15.5. The Labute approximate surface area is 114 Å². The van der Waals surface area contributed by atoms with Crippen LogP contribution in [0, 0.1) is 12.7 Å². The summed E-state index contributed by atoms with van der Waals surface area (Å²) in [7, 11) is 1.83. The number of nitrogens with zero attached hydrogens (tertiary/aromatic N) is 5. The SMILES string of the molecule is CCCNc1ncc(F)c(Sc2nnc(C)n2C)n1. The number of nitrogens with one attached hydrogen (secondary N) is 1. The van der Waals surface area contributed by atoms with E-state index < -0.39 is 5.82 Å². The summed E-state index contributed by atoms with van der Waals surface area (Å²) >= 11 is 1.13. The van der Waals surface area contributed by atoms with Gasteiger partial charge in [0.05, 0.1) is 6.20 Å². The van der Waals surface area contributed by atoms with Crippen molar-refractivity contribution in [2.24, 2.45) is 7.05 Å². The average Bonchev–Trinajstić information content (AvgIpc) is 2.71. The maximum atomic E-state index is 13.7. The molecule has 2 heterocycles. The first-order chi connectivity index (χ1) is 9.11. The first-order valence-corrected chi connectivity index (χ1v) is 6.73. The van der Waals surface area contributed by atoms with Crippen LogP contribution in [0.4, 0.5) is 10.3 Å². The summed E-state index contributed by atoms with van der Waals surface area (Å²) in [5.41, 5.74) is 0. The van der Waals surface area contributed by atoms with E-state index in [0.717, 1.165) is 36.7 Å². The molecule has 1 N–H and O–H groups in total. The van der Waals surface area contributed by atoms with E-state index in [1.165, 1.54) is 0 Å². The summed E-state index contributed by atoms with van der Waals surface area (Å²) in [6.45, 7) is 4.62. The molecule has 0 aliphatic carbocycles. The van der Waals surface area contributed by atoms with Crippen LogP contribution >= 0.6 is 11.8 Å². The van der Waals surface area contributed by atoms with Crippen molar-refractivity contribution in [2.75, 3.05) is 11.9 Å². The molecule has 0 spiro atoms. The highest BCUT2D eigenvalue weighted by atomic mass is 32.2. The van der Waals surface area contributed by atoms with Gasteiger partial charge in [0, 0.05) is 13.6 Å². The molecule has 0 saturated carbocycles. The van der Waals surface area contributed by atoms with Gasteiger partial charge in [0.25, 0.3) is 0 Å². The van der Waals surface area contributed by atoms with Crippen molar-refractivity contribution in [3.05, 3.63) is 17.8 Å². The van der Waals surface area contributed by atoms with Crippen molar-refractivity contribution in [1.82, 2.24) is 24.7 Å². The van der Waals surface area contributed by atoms with Crippen LogP contribution in [-0.2, 0) is 7.05 Å². The van der Waals surface area contributed by atoms with Crippen LogP contribution in [0.5, 0.6) is 0 Å². The molecule has 2 rings (SSSR count). The standard InChI is InChI=1S/C11H15FN6S/c1-4-5-13-10-14-6-8(12)9(15-10)19-11-17-16-7(2)18(11)3/h6H,4-5H2,1-3H3,(H,13,14,15). The maximum Gasteiger partial charge on any atom is 0.223 e. The van der Waals surface area contributed by atoms with Gasteiger partial charge in [-0.15, -0.1) is 10.2 Å². The molecule has 0 bridgehead atoms. The summed E-state index contributed by atoms with van der Waals surface area (Å²) in [6.07, 6.45) is 2.11. The third-order valence-corrected chi connectivity index (χ3v) is 3.50. The predicted octanol–water partition coefficient (Wildman–Crippen LogP) is 2.03. The molecule has 6 nitrogen and oxygen atoms in total. The molecule has 0 saturated heterocycles. The van der Waals surface area contributed by atoms with E-state index in [1.807, 2.05) is 20.9 Å². The predicted molar refractivity (Wildman–Crippen MR) is 70.6 cm³/mol. The lowest BCUT2D eigenvalue weighted by Gasteiger charge is -2.06. The van der Waals surface area contributed by atoms with Gasteiger partial charge in [0.15, 0.2) is 11.0 Å². The smallest absolute Gasteiger partial charge is 0.223 e. The zero-order valence-corrected chi connectivity index (χ0v) is 11.8. The second-order valence-electron chi connectivity index (χ2n) is 3.96. The Kier molecular flexibility index (Phi) is 4.31. The second kappa shape index (κ2) is 5.96. The zero-order chi connectivity index (χ0) is 13.8. The Hall–Kier alpha value is -1.70. The number of halogens is 1. The average molecular weight is 282 g/mol. The zero-order valence-electron chi connectivity index (χ0n) is 11.0. The third-order valence-electron chi connectivity index (χ3n) is 2.49. The van der Waals surface area contributed by atoms with Crippen molar-refractivity contribution < 1.29 is 4.39 Å². The molecule has 0 unspecified atom stereocenters. The molecule has 0 amide bonds. The molecule has 2 aromatic heterocycles. The normalized spacial score (nSPS) is 10.7. The molecule has 0 radical (unpaired) electrons. The Bertz CT molecular complexity index is 570. The van der Waals surface area contributed by atoms with E-state index in [-0.39, 0.29) is 5.03 Å². The highest BCUT2D eigenvalue weighted by molar-refractivity contribution is 7.99. The van der Waals surface area contributed by atoms with Gasteiger partial charge in [-0.05, 0) is 25.1 Å². The highest BCUT2D eigenvalue weighted by Crippen LogP contribution is 2.26. The third kappa shape index (κ3) is 3.19. The van der Waals surface area contributed by atoms with Crippen LogP contribution in [0.25, 0.3) is 0 Å². The fraction of sp³-hybridized carbons (Fsp3) is 0.455. The van der Waals surface area contributed by atoms with Crippen LogP contribution in [0.2, 0.25) is 0 Å². The Balaban J connectivity index is 2.21. The minimum absolute atomic E-state index is 0.240. The Morgan fingerprint density at radius 3 is 2.84 bits per heavy atom. The van der Waals surface area contributed by atoms with Crippen LogP contribution < -0.4 is 5.32 Å². The molecule has 0 atom stereocenters. The lowest BCUT2D eigenvalue weighted by Crippen LogP contribution is -2.05. The van der Waals surface area contributed by atoms with Crippen molar-refractivity contribution in [3.63, 3.8) is 0 Å². The molecule has 19 heavy (non-hydrogen) atoms. The molecule has 102 valence electrons. The number of hydrogen-bond acceptors (Lipinski definition) is 6. The van der Waals surface area contributed by atoms with Gasteiger partial charge < -0.3 is 9.88 Å². The topological polar surface area (TPSA) is 68.5 Å². The lowest BCUT2D eigenvalue weighted by atomic mass is 10.5. The number of rotatable bonds is 5. The maximum absolute atomic E-state index is 13.7. The van der Waals surface area contributed by atoms with Gasteiger partial charge in [-0.2, -0.15) is 0 Å². The first-order valence-electron chi connectivity index (χ1n) is 5.92. The molecule has 8 heteroatoms. The van der Waals surface area contributed by atoms with Crippen molar-refractivity contribution in [3.8, 4) is 0 Å². The van der Waals surface area contributed by atoms with Crippen molar-refractivity contribution in [2.45, 2.75) is 30.5 Å². The van der Waals surface area contributed by atoms with Gasteiger partial charge in [-0.3, -0.25) is 0 Å². The number of hydrogen-bond donors (Lipinski definition) is 1. The largest absolute Gasteiger partial charge is 0.354 e. The van der Waals surface area contributed by atoms with Crippen LogP contribution in [0.15, 0.2) is 16.4 Å². The summed E-state index contributed by atoms with van der Waals surface area (Å²) in [4.78, 5) is 8.03. The van der Waals surface area contributed by atoms with Crippen LogP contribution in [-0.4, -0.2) is 31.3 Å². The van der Waals surface area contributed by atoms with Crippen LogP contribution in [0.3, 0.4) is 0 Å². The fourth-order valence-electron chi connectivity index (χ4n) is 1.31. The fourth-order valence-corrected chi connectivity index (χ4v) is 2.11. The first kappa shape index (κ1) is 13.7. The molecule has 0 aliphatic rings. The van der Waals surface area contributed by atoms with Gasteiger partial charge in [0.1, 0.15) is 10.9 Å². The quantitative estimate of drug-likeness (QED) is 0.846. The lowest BCUT2D eigenvalue weighted by molar-refractivity contribution is 0.579. The summed E-state index contributed by atoms with van der Waals surface area (Å²) in [6, 6.07) is 0. The Morgan fingerprint density at radius 2 is 2.21 bits per heavy atom. The number of aromatic nitrogens is 5. The van der Waals surface area contributed by atoms with Crippen LogP contribution in [0.1, 0.15) is 19.2 Å². The van der Waals surface area contributed by atoms with Crippen molar-refractivity contribution in [1.29, 1.82) is 0 Å². The van der Waals surface area contributed by atoms with Gasteiger partial charge in [-0.25, -0.2) is 14.4 Å². The molecular weight excluding hydrogens is 267 g/mol. The molecular formula is C11H15FN6S. The number of anilines is 1. The van der Waals surface area contributed by atoms with E-state index in [0.29, 0.717) is 11.1 Å². The molecule has 0 aromatic carbocycles. The molecule has 0 aliphatic heterocycles. The van der Waals surface area contributed by atoms with E-state index >= 15 is 0 Å². The summed E-state index contributed by atoms with van der Waals surface area (Å²) in [5, 5.41) is 11.8. The van der Waals surface area contributed by atoms with E-state index in [2.05, 4.69) is 25.5 Å². The van der Waals surface area contributed by atoms with Gasteiger partial charge in [-0.1, -0.05) is 6.92 Å². The van der Waals surface area contributed by atoms with Gasteiger partial charge in [0.2, 0.25) is 5.95 Å². The molecule has 2 aromatic rings. The number of aryl methyl sites for hydroxylation is 1. The Morgan fingerprint density at radius 1 is 1.42 bits per heavy atom.